The van der Waals surface area contributed by atoms with Gasteiger partial charge in [0.2, 0.25) is 9.84 Å². The molecule has 5 aromatic rings. The van der Waals surface area contributed by atoms with Gasteiger partial charge in [-0.1, -0.05) is 42.5 Å². The number of anilines is 2. The van der Waals surface area contributed by atoms with Crippen molar-refractivity contribution in [1.29, 1.82) is 0 Å². The number of aliphatic hydroxyl groups excluding tert-OH is 1. The molecule has 9 heteroatoms. The Morgan fingerprint density at radius 1 is 0.950 bits per heavy atom. The van der Waals surface area contributed by atoms with Gasteiger partial charge < -0.3 is 20.9 Å². The van der Waals surface area contributed by atoms with Gasteiger partial charge in [0.25, 0.3) is 5.91 Å². The number of nitrogens with zero attached hydrogens (tertiary/aromatic N) is 1. The first-order chi connectivity index (χ1) is 19.2. The van der Waals surface area contributed by atoms with Crippen LogP contribution in [-0.4, -0.2) is 31.5 Å². The zero-order valence-electron chi connectivity index (χ0n) is 21.9. The number of benzene rings is 4. The van der Waals surface area contributed by atoms with Crippen molar-refractivity contribution < 1.29 is 23.1 Å². The van der Waals surface area contributed by atoms with Crippen molar-refractivity contribution in [3.8, 4) is 16.9 Å². The van der Waals surface area contributed by atoms with Crippen molar-refractivity contribution in [2.75, 3.05) is 12.4 Å². The Bertz CT molecular complexity index is 1850. The number of fused-ring (bicyclic) bond motifs is 1. The number of hydrogen-bond acceptors (Lipinski definition) is 7. The van der Waals surface area contributed by atoms with Crippen LogP contribution in [0.2, 0.25) is 0 Å². The topological polar surface area (TPSA) is 132 Å². The zero-order valence-corrected chi connectivity index (χ0v) is 22.7. The average molecular weight is 554 g/mol. The lowest BCUT2D eigenvalue weighted by Gasteiger charge is -2.16. The maximum absolute atomic E-state index is 13.9. The quantitative estimate of drug-likeness (QED) is 0.235. The molecule has 0 fully saturated rings. The first-order valence-corrected chi connectivity index (χ1v) is 13.9. The molecule has 0 aliphatic heterocycles. The Labute approximate surface area is 232 Å². The summed E-state index contributed by atoms with van der Waals surface area (Å²) in [5.41, 5.74) is 10.2. The highest BCUT2D eigenvalue weighted by atomic mass is 32.2. The van der Waals surface area contributed by atoms with Crippen LogP contribution in [0.4, 0.5) is 11.4 Å². The van der Waals surface area contributed by atoms with Gasteiger partial charge in [0, 0.05) is 23.3 Å². The third-order valence-electron chi connectivity index (χ3n) is 6.66. The third kappa shape index (κ3) is 5.12. The van der Waals surface area contributed by atoms with Crippen molar-refractivity contribution in [2.24, 2.45) is 5.73 Å². The van der Waals surface area contributed by atoms with Crippen LogP contribution in [0.15, 0.2) is 101 Å². The standard InChI is InChI=1S/C31H27N3O5S/c1-19-13-26(40(37,38)25-8-3-5-22(14-25)21-11-9-20(18-35)10-12-21)16-27-29(19)33-17-28(31(32)36)30(27)34-23-6-4-7-24(15-23)39-2/h3-17,35H,18H2,1-2H3,(H2,32,36)(H,33,34). The van der Waals surface area contributed by atoms with Gasteiger partial charge in [-0.25, -0.2) is 8.42 Å². The number of ether oxygens (including phenoxy) is 1. The van der Waals surface area contributed by atoms with Gasteiger partial charge in [0.15, 0.2) is 0 Å². The molecule has 0 bridgehead atoms. The number of sulfone groups is 1. The normalized spacial score (nSPS) is 11.4. The summed E-state index contributed by atoms with van der Waals surface area (Å²) in [6, 6.07) is 24.2. The molecule has 202 valence electrons. The molecule has 0 saturated heterocycles. The molecule has 0 atom stereocenters. The number of rotatable bonds is 8. The molecule has 8 nitrogen and oxygen atoms in total. The molecule has 1 aromatic heterocycles. The monoisotopic (exact) mass is 553 g/mol. The molecular formula is C31H27N3O5S. The highest BCUT2D eigenvalue weighted by molar-refractivity contribution is 7.91. The molecule has 0 aliphatic carbocycles. The highest BCUT2D eigenvalue weighted by Gasteiger charge is 2.23. The molecule has 5 rings (SSSR count). The summed E-state index contributed by atoms with van der Waals surface area (Å²) in [6.45, 7) is 1.70. The van der Waals surface area contributed by atoms with Gasteiger partial charge in [-0.3, -0.25) is 9.78 Å². The Balaban J connectivity index is 1.65. The van der Waals surface area contributed by atoms with E-state index in [0.29, 0.717) is 33.6 Å². The van der Waals surface area contributed by atoms with Crippen molar-refractivity contribution in [3.05, 3.63) is 108 Å². The van der Waals surface area contributed by atoms with E-state index in [1.165, 1.54) is 12.3 Å². The largest absolute Gasteiger partial charge is 0.497 e. The van der Waals surface area contributed by atoms with Crippen LogP contribution in [0.3, 0.4) is 0 Å². The van der Waals surface area contributed by atoms with Crippen LogP contribution in [-0.2, 0) is 16.4 Å². The minimum absolute atomic E-state index is 0.0578. The summed E-state index contributed by atoms with van der Waals surface area (Å²) in [7, 11) is -2.41. The number of carbonyl (C=O) groups excluding carboxylic acids is 1. The fourth-order valence-corrected chi connectivity index (χ4v) is 5.97. The molecule has 0 saturated carbocycles. The van der Waals surface area contributed by atoms with E-state index in [-0.39, 0.29) is 22.0 Å². The fraction of sp³-hybridized carbons (Fsp3) is 0.0968. The van der Waals surface area contributed by atoms with Gasteiger partial charge in [0.05, 0.1) is 40.3 Å². The summed E-state index contributed by atoms with van der Waals surface area (Å²) in [5, 5.41) is 13.0. The highest BCUT2D eigenvalue weighted by Crippen LogP contribution is 2.35. The lowest BCUT2D eigenvalue weighted by molar-refractivity contribution is 0.100. The van der Waals surface area contributed by atoms with Gasteiger partial charge in [0.1, 0.15) is 5.75 Å². The number of carbonyl (C=O) groups is 1. The third-order valence-corrected chi connectivity index (χ3v) is 8.40. The summed E-state index contributed by atoms with van der Waals surface area (Å²) in [6.07, 6.45) is 1.39. The van der Waals surface area contributed by atoms with Crippen LogP contribution >= 0.6 is 0 Å². The van der Waals surface area contributed by atoms with Crippen LogP contribution in [0, 0.1) is 6.92 Å². The molecule has 0 spiro atoms. The molecule has 0 radical (unpaired) electrons. The maximum atomic E-state index is 13.9. The molecule has 1 amide bonds. The van der Waals surface area contributed by atoms with Crippen molar-refractivity contribution in [1.82, 2.24) is 4.98 Å². The molecule has 4 N–H and O–H groups in total. The van der Waals surface area contributed by atoms with E-state index >= 15 is 0 Å². The Hall–Kier alpha value is -4.73. The first-order valence-electron chi connectivity index (χ1n) is 12.4. The van der Waals surface area contributed by atoms with E-state index in [2.05, 4.69) is 10.3 Å². The number of nitrogens with two attached hydrogens (primary N) is 1. The smallest absolute Gasteiger partial charge is 0.252 e. The van der Waals surface area contributed by atoms with E-state index in [9.17, 15) is 18.3 Å². The number of aryl methyl sites for hydroxylation is 1. The minimum Gasteiger partial charge on any atom is -0.497 e. The van der Waals surface area contributed by atoms with Crippen LogP contribution in [0.5, 0.6) is 5.75 Å². The summed E-state index contributed by atoms with van der Waals surface area (Å²) in [5.74, 6) is -0.0973. The van der Waals surface area contributed by atoms with Crippen LogP contribution in [0.1, 0.15) is 21.5 Å². The second-order valence-electron chi connectivity index (χ2n) is 9.29. The second kappa shape index (κ2) is 10.8. The summed E-state index contributed by atoms with van der Waals surface area (Å²) >= 11 is 0. The van der Waals surface area contributed by atoms with Crippen molar-refractivity contribution >= 4 is 38.0 Å². The Morgan fingerprint density at radius 3 is 2.40 bits per heavy atom. The van der Waals surface area contributed by atoms with E-state index in [1.54, 1.807) is 74.7 Å². The van der Waals surface area contributed by atoms with Crippen molar-refractivity contribution in [2.45, 2.75) is 23.3 Å². The number of aliphatic hydroxyl groups is 1. The molecule has 4 aromatic carbocycles. The SMILES string of the molecule is COc1cccc(Nc2c(C(N)=O)cnc3c(C)cc(S(=O)(=O)c4cccc(-c5ccc(CO)cc5)c4)cc23)c1. The lowest BCUT2D eigenvalue weighted by Crippen LogP contribution is -2.14. The van der Waals surface area contributed by atoms with E-state index < -0.39 is 15.7 Å². The second-order valence-corrected chi connectivity index (χ2v) is 11.2. The van der Waals surface area contributed by atoms with Crippen LogP contribution in [0.25, 0.3) is 22.0 Å². The number of methoxy groups -OCH3 is 1. The number of amides is 1. The predicted molar refractivity (Wildman–Crippen MR) is 155 cm³/mol. The van der Waals surface area contributed by atoms with Gasteiger partial charge in [-0.2, -0.15) is 0 Å². The molecule has 0 unspecified atom stereocenters. The average Bonchev–Trinajstić information content (AvgIpc) is 2.97. The fourth-order valence-electron chi connectivity index (χ4n) is 4.55. The lowest BCUT2D eigenvalue weighted by atomic mass is 10.0. The summed E-state index contributed by atoms with van der Waals surface area (Å²) in [4.78, 5) is 17.0. The predicted octanol–water partition coefficient (Wildman–Crippen LogP) is 5.39. The number of aromatic nitrogens is 1. The maximum Gasteiger partial charge on any atom is 0.252 e. The first kappa shape index (κ1) is 26.9. The minimum atomic E-state index is -3.96. The van der Waals surface area contributed by atoms with Gasteiger partial charge in [-0.15, -0.1) is 0 Å². The zero-order chi connectivity index (χ0) is 28.4. The number of pyridine rings is 1. The number of primary amides is 1. The number of hydrogen-bond donors (Lipinski definition) is 3. The van der Waals surface area contributed by atoms with E-state index in [1.807, 2.05) is 18.2 Å². The molecule has 0 aliphatic rings. The Morgan fingerprint density at radius 2 is 1.70 bits per heavy atom. The molecule has 40 heavy (non-hydrogen) atoms. The van der Waals surface area contributed by atoms with Gasteiger partial charge in [-0.05, 0) is 65.6 Å². The van der Waals surface area contributed by atoms with Crippen molar-refractivity contribution in [3.63, 3.8) is 0 Å². The Kier molecular flexibility index (Phi) is 7.25. The van der Waals surface area contributed by atoms with Crippen LogP contribution < -0.4 is 15.8 Å². The van der Waals surface area contributed by atoms with E-state index in [0.717, 1.165) is 16.7 Å². The molecule has 1 heterocycles. The molecular weight excluding hydrogens is 526 g/mol. The number of nitrogens with one attached hydrogen (secondary N) is 1. The van der Waals surface area contributed by atoms with E-state index in [4.69, 9.17) is 10.5 Å². The van der Waals surface area contributed by atoms with Gasteiger partial charge >= 0.3 is 0 Å². The summed E-state index contributed by atoms with van der Waals surface area (Å²) < 4.78 is 33.1.